The Labute approximate surface area is 185 Å². The Kier molecular flexibility index (Phi) is 5.45. The normalized spacial score (nSPS) is 14.8. The van der Waals surface area contributed by atoms with Crippen molar-refractivity contribution in [3.8, 4) is 11.1 Å². The molecule has 1 saturated heterocycles. The highest BCUT2D eigenvalue weighted by atomic mass is 35.5. The van der Waals surface area contributed by atoms with Gasteiger partial charge in [-0.1, -0.05) is 48.0 Å². The number of H-pyrrole nitrogens is 1. The van der Waals surface area contributed by atoms with E-state index in [1.807, 2.05) is 30.3 Å². The summed E-state index contributed by atoms with van der Waals surface area (Å²) >= 11 is 6.06. The van der Waals surface area contributed by atoms with Crippen LogP contribution in [-0.2, 0) is 6.54 Å². The minimum absolute atomic E-state index is 0.0966. The Hall–Kier alpha value is -3.15. The molecule has 5 rings (SSSR count). The fraction of sp³-hybridized carbons (Fsp3) is 0.200. The summed E-state index contributed by atoms with van der Waals surface area (Å²) in [6.45, 7) is 4.77. The number of hydrogen-bond acceptors (Lipinski definition) is 4. The first-order chi connectivity index (χ1) is 15.2. The van der Waals surface area contributed by atoms with Gasteiger partial charge in [-0.05, 0) is 47.0 Å². The monoisotopic (exact) mass is 430 g/mol. The molecule has 31 heavy (non-hydrogen) atoms. The van der Waals surface area contributed by atoms with E-state index in [9.17, 15) is 4.79 Å². The highest BCUT2D eigenvalue weighted by Crippen LogP contribution is 2.27. The number of fused-ring (bicyclic) bond motifs is 1. The van der Waals surface area contributed by atoms with Gasteiger partial charge in [0.2, 0.25) is 0 Å². The number of anilines is 1. The van der Waals surface area contributed by atoms with Gasteiger partial charge < -0.3 is 9.88 Å². The molecule has 2 heterocycles. The van der Waals surface area contributed by atoms with Crippen LogP contribution >= 0.6 is 11.6 Å². The summed E-state index contributed by atoms with van der Waals surface area (Å²) in [5.74, 6) is 0. The number of hydrogen-bond donors (Lipinski definition) is 1. The van der Waals surface area contributed by atoms with Crippen molar-refractivity contribution in [3.05, 3.63) is 94.0 Å². The van der Waals surface area contributed by atoms with Crippen LogP contribution in [-0.4, -0.2) is 41.0 Å². The number of aromatic amines is 1. The maximum Gasteiger partial charge on any atom is 0.258 e. The largest absolute Gasteiger partial charge is 0.369 e. The Balaban J connectivity index is 1.29. The van der Waals surface area contributed by atoms with Crippen LogP contribution in [0.4, 0.5) is 5.69 Å². The fourth-order valence-electron chi connectivity index (χ4n) is 4.23. The van der Waals surface area contributed by atoms with E-state index in [1.165, 1.54) is 23.0 Å². The zero-order chi connectivity index (χ0) is 21.2. The summed E-state index contributed by atoms with van der Waals surface area (Å²) in [6, 6.07) is 22.5. The summed E-state index contributed by atoms with van der Waals surface area (Å²) in [7, 11) is 0. The predicted molar refractivity (Wildman–Crippen MR) is 127 cm³/mol. The van der Waals surface area contributed by atoms with Gasteiger partial charge in [0.1, 0.15) is 0 Å². The van der Waals surface area contributed by atoms with Gasteiger partial charge in [0, 0.05) is 43.4 Å². The fourth-order valence-corrected chi connectivity index (χ4v) is 4.35. The van der Waals surface area contributed by atoms with Crippen LogP contribution in [0.1, 0.15) is 5.56 Å². The molecule has 1 N–H and O–H groups in total. The summed E-state index contributed by atoms with van der Waals surface area (Å²) in [6.07, 6.45) is 1.46. The average molecular weight is 431 g/mol. The number of aromatic nitrogens is 2. The van der Waals surface area contributed by atoms with Crippen molar-refractivity contribution in [2.75, 3.05) is 31.1 Å². The molecule has 1 aliphatic rings. The lowest BCUT2D eigenvalue weighted by atomic mass is 9.99. The van der Waals surface area contributed by atoms with Crippen molar-refractivity contribution in [3.63, 3.8) is 0 Å². The second kappa shape index (κ2) is 8.53. The van der Waals surface area contributed by atoms with Crippen molar-refractivity contribution in [1.82, 2.24) is 14.9 Å². The van der Waals surface area contributed by atoms with Crippen LogP contribution in [0.2, 0.25) is 5.02 Å². The third kappa shape index (κ3) is 4.20. The first-order valence-corrected chi connectivity index (χ1v) is 10.8. The van der Waals surface area contributed by atoms with Gasteiger partial charge in [-0.3, -0.25) is 9.69 Å². The lowest BCUT2D eigenvalue weighted by Crippen LogP contribution is -2.46. The third-order valence-corrected chi connectivity index (χ3v) is 6.18. The van der Waals surface area contributed by atoms with Crippen LogP contribution in [0, 0.1) is 0 Å². The maximum atomic E-state index is 11.9. The van der Waals surface area contributed by atoms with E-state index in [4.69, 9.17) is 11.6 Å². The Morgan fingerprint density at radius 1 is 0.935 bits per heavy atom. The van der Waals surface area contributed by atoms with E-state index < -0.39 is 0 Å². The zero-order valence-corrected chi connectivity index (χ0v) is 17.8. The van der Waals surface area contributed by atoms with Gasteiger partial charge in [0.05, 0.1) is 17.2 Å². The van der Waals surface area contributed by atoms with Gasteiger partial charge in [-0.25, -0.2) is 4.98 Å². The molecule has 0 aliphatic carbocycles. The topological polar surface area (TPSA) is 52.2 Å². The summed E-state index contributed by atoms with van der Waals surface area (Å²) in [5, 5.41) is 1.38. The van der Waals surface area contributed by atoms with E-state index in [1.54, 1.807) is 0 Å². The quantitative estimate of drug-likeness (QED) is 0.515. The molecule has 1 fully saturated rings. The molecule has 0 atom stereocenters. The van der Waals surface area contributed by atoms with Crippen molar-refractivity contribution in [2.45, 2.75) is 6.54 Å². The molecular formula is C25H23ClN4O. The molecule has 0 saturated carbocycles. The summed E-state index contributed by atoms with van der Waals surface area (Å²) in [5.41, 5.74) is 5.53. The van der Waals surface area contributed by atoms with Crippen LogP contribution in [0.5, 0.6) is 0 Å². The first kappa shape index (κ1) is 19.8. The number of nitrogens with zero attached hydrogens (tertiary/aromatic N) is 3. The molecule has 5 nitrogen and oxygen atoms in total. The van der Waals surface area contributed by atoms with E-state index >= 15 is 0 Å². The number of benzene rings is 3. The lowest BCUT2D eigenvalue weighted by molar-refractivity contribution is 0.250. The van der Waals surface area contributed by atoms with Gasteiger partial charge in [-0.2, -0.15) is 0 Å². The molecule has 1 aromatic heterocycles. The molecule has 6 heteroatoms. The molecule has 0 amide bonds. The van der Waals surface area contributed by atoms with E-state index in [0.717, 1.165) is 49.0 Å². The molecule has 0 unspecified atom stereocenters. The Morgan fingerprint density at radius 2 is 1.71 bits per heavy atom. The van der Waals surface area contributed by atoms with E-state index in [-0.39, 0.29) is 5.56 Å². The van der Waals surface area contributed by atoms with Crippen LogP contribution in [0.3, 0.4) is 0 Å². The smallest absolute Gasteiger partial charge is 0.258 e. The zero-order valence-electron chi connectivity index (χ0n) is 17.1. The summed E-state index contributed by atoms with van der Waals surface area (Å²) < 4.78 is 0. The summed E-state index contributed by atoms with van der Waals surface area (Å²) in [4.78, 5) is 23.7. The SMILES string of the molecule is O=c1[nH]cnc2cc(N3CCN(Cc4ccccc4-c4ccc(Cl)cc4)CC3)ccc12. The number of halogens is 1. The van der Waals surface area contributed by atoms with Gasteiger partial charge in [-0.15, -0.1) is 0 Å². The Morgan fingerprint density at radius 3 is 2.52 bits per heavy atom. The molecule has 156 valence electrons. The van der Waals surface area contributed by atoms with Crippen molar-refractivity contribution in [2.24, 2.45) is 0 Å². The van der Waals surface area contributed by atoms with Gasteiger partial charge in [0.25, 0.3) is 5.56 Å². The first-order valence-electron chi connectivity index (χ1n) is 10.5. The molecule has 0 bridgehead atoms. The minimum atomic E-state index is -0.0966. The van der Waals surface area contributed by atoms with Crippen LogP contribution in [0.25, 0.3) is 22.0 Å². The molecule has 4 aromatic rings. The van der Waals surface area contributed by atoms with Gasteiger partial charge >= 0.3 is 0 Å². The van der Waals surface area contributed by atoms with Gasteiger partial charge in [0.15, 0.2) is 0 Å². The molecule has 3 aromatic carbocycles. The highest BCUT2D eigenvalue weighted by molar-refractivity contribution is 6.30. The predicted octanol–water partition coefficient (Wildman–Crippen LogP) is 4.57. The highest BCUT2D eigenvalue weighted by Gasteiger charge is 2.19. The lowest BCUT2D eigenvalue weighted by Gasteiger charge is -2.36. The number of rotatable bonds is 4. The third-order valence-electron chi connectivity index (χ3n) is 5.93. The molecular weight excluding hydrogens is 408 g/mol. The number of piperazine rings is 1. The Bertz CT molecular complexity index is 1260. The van der Waals surface area contributed by atoms with Crippen molar-refractivity contribution < 1.29 is 0 Å². The second-order valence-corrected chi connectivity index (χ2v) is 8.30. The molecule has 0 radical (unpaired) electrons. The van der Waals surface area contributed by atoms with Crippen molar-refractivity contribution >= 4 is 28.2 Å². The standard InChI is InChI=1S/C25H23ClN4O/c26-20-7-5-18(6-8-20)22-4-2-1-3-19(22)16-29-11-13-30(14-12-29)21-9-10-23-24(15-21)27-17-28-25(23)31/h1-10,15,17H,11-14,16H2,(H,27,28,31). The van der Waals surface area contributed by atoms with Crippen LogP contribution in [0.15, 0.2) is 77.9 Å². The maximum absolute atomic E-state index is 11.9. The average Bonchev–Trinajstić information content (AvgIpc) is 2.81. The van der Waals surface area contributed by atoms with E-state index in [2.05, 4.69) is 56.2 Å². The molecule has 0 spiro atoms. The minimum Gasteiger partial charge on any atom is -0.369 e. The number of nitrogens with one attached hydrogen (secondary N) is 1. The van der Waals surface area contributed by atoms with Crippen molar-refractivity contribution in [1.29, 1.82) is 0 Å². The second-order valence-electron chi connectivity index (χ2n) is 7.86. The van der Waals surface area contributed by atoms with Crippen LogP contribution < -0.4 is 10.5 Å². The molecule has 1 aliphatic heterocycles. The van der Waals surface area contributed by atoms with E-state index in [0.29, 0.717) is 5.39 Å².